The molecule has 0 aliphatic heterocycles. The molecule has 28 heavy (non-hydrogen) atoms. The van der Waals surface area contributed by atoms with E-state index in [1.54, 1.807) is 24.4 Å². The number of pyridine rings is 1. The third kappa shape index (κ3) is 3.56. The molecule has 1 amide bonds. The summed E-state index contributed by atoms with van der Waals surface area (Å²) in [7, 11) is 1.52. The first-order chi connectivity index (χ1) is 13.5. The molecule has 4 rings (SSSR count). The van der Waals surface area contributed by atoms with Gasteiger partial charge in [-0.25, -0.2) is 9.97 Å². The molecule has 2 aromatic carbocycles. The number of ether oxygens (including phenoxy) is 1. The van der Waals surface area contributed by atoms with E-state index in [9.17, 15) is 4.79 Å². The van der Waals surface area contributed by atoms with E-state index in [0.29, 0.717) is 22.0 Å². The normalized spacial score (nSPS) is 10.8. The molecule has 4 aromatic rings. The molecule has 0 radical (unpaired) electrons. The minimum absolute atomic E-state index is 0.287. The summed E-state index contributed by atoms with van der Waals surface area (Å²) in [4.78, 5) is 22.7. The number of nitrogens with zero attached hydrogens (tertiary/aromatic N) is 2. The summed E-state index contributed by atoms with van der Waals surface area (Å²) < 4.78 is 5.28. The second-order valence-electron chi connectivity index (χ2n) is 6.18. The van der Waals surface area contributed by atoms with E-state index >= 15 is 0 Å². The smallest absolute Gasteiger partial charge is 0.259 e. The predicted octanol–water partition coefficient (Wildman–Crippen LogP) is 5.58. The number of hydrogen-bond donors (Lipinski definition) is 1. The van der Waals surface area contributed by atoms with Crippen molar-refractivity contribution >= 4 is 44.9 Å². The van der Waals surface area contributed by atoms with Crippen LogP contribution in [0.3, 0.4) is 0 Å². The fraction of sp³-hybridized carbons (Fsp3) is 0.0952. The molecule has 0 atom stereocenters. The van der Waals surface area contributed by atoms with Crippen molar-refractivity contribution in [3.05, 3.63) is 70.9 Å². The maximum Gasteiger partial charge on any atom is 0.259 e. The van der Waals surface area contributed by atoms with Crippen LogP contribution in [0.2, 0.25) is 5.02 Å². The highest BCUT2D eigenvalue weighted by atomic mass is 35.5. The SMILES string of the molecule is COc1ccc(Cl)cc1C(=O)Nc1cc(-c2nc3cccnc3s2)ccc1C. The van der Waals surface area contributed by atoms with Crippen LogP contribution in [0.15, 0.2) is 54.7 Å². The van der Waals surface area contributed by atoms with Crippen molar-refractivity contribution in [2.45, 2.75) is 6.92 Å². The zero-order valence-corrected chi connectivity index (χ0v) is 16.8. The molecule has 140 valence electrons. The standard InChI is InChI=1S/C21H16ClN3O2S/c1-12-5-6-13(20-25-16-4-3-9-23-21(16)28-20)10-17(12)24-19(26)15-11-14(22)7-8-18(15)27-2/h3-11H,1-2H3,(H,24,26). The lowest BCUT2D eigenvalue weighted by molar-refractivity contribution is 0.102. The number of thiazole rings is 1. The lowest BCUT2D eigenvalue weighted by Crippen LogP contribution is -2.14. The van der Waals surface area contributed by atoms with E-state index in [2.05, 4.69) is 15.3 Å². The van der Waals surface area contributed by atoms with Gasteiger partial charge >= 0.3 is 0 Å². The van der Waals surface area contributed by atoms with Crippen LogP contribution in [-0.4, -0.2) is 23.0 Å². The maximum absolute atomic E-state index is 12.8. The van der Waals surface area contributed by atoms with Gasteiger partial charge in [-0.15, -0.1) is 0 Å². The van der Waals surface area contributed by atoms with Crippen molar-refractivity contribution in [3.8, 4) is 16.3 Å². The van der Waals surface area contributed by atoms with Gasteiger partial charge in [-0.3, -0.25) is 4.79 Å². The van der Waals surface area contributed by atoms with Crippen LogP contribution < -0.4 is 10.1 Å². The van der Waals surface area contributed by atoms with E-state index in [4.69, 9.17) is 16.3 Å². The van der Waals surface area contributed by atoms with Crippen molar-refractivity contribution < 1.29 is 9.53 Å². The van der Waals surface area contributed by atoms with Gasteiger partial charge in [0.05, 0.1) is 12.7 Å². The molecule has 0 bridgehead atoms. The van der Waals surface area contributed by atoms with Crippen molar-refractivity contribution in [1.29, 1.82) is 0 Å². The number of anilines is 1. The molecule has 0 saturated carbocycles. The average Bonchev–Trinajstić information content (AvgIpc) is 3.13. The molecule has 5 nitrogen and oxygen atoms in total. The highest BCUT2D eigenvalue weighted by Crippen LogP contribution is 2.32. The molecular weight excluding hydrogens is 394 g/mol. The third-order valence-electron chi connectivity index (χ3n) is 4.31. The minimum atomic E-state index is -0.287. The Balaban J connectivity index is 1.68. The number of benzene rings is 2. The summed E-state index contributed by atoms with van der Waals surface area (Å²) in [6, 6.07) is 14.6. The summed E-state index contributed by atoms with van der Waals surface area (Å²) >= 11 is 7.56. The van der Waals surface area contributed by atoms with Crippen molar-refractivity contribution in [2.75, 3.05) is 12.4 Å². The topological polar surface area (TPSA) is 64.1 Å². The van der Waals surface area contributed by atoms with E-state index in [1.807, 2.05) is 37.3 Å². The summed E-state index contributed by atoms with van der Waals surface area (Å²) in [6.07, 6.45) is 1.75. The van der Waals surface area contributed by atoms with Gasteiger partial charge in [0.25, 0.3) is 5.91 Å². The van der Waals surface area contributed by atoms with Crippen molar-refractivity contribution in [3.63, 3.8) is 0 Å². The Labute approximate surface area is 171 Å². The van der Waals surface area contributed by atoms with Gasteiger partial charge in [0.15, 0.2) is 0 Å². The Morgan fingerprint density at radius 3 is 2.82 bits per heavy atom. The predicted molar refractivity (Wildman–Crippen MR) is 114 cm³/mol. The van der Waals surface area contributed by atoms with Gasteiger partial charge in [-0.05, 0) is 48.9 Å². The average molecular weight is 410 g/mol. The number of hydrogen-bond acceptors (Lipinski definition) is 5. The van der Waals surface area contributed by atoms with Crippen LogP contribution in [0, 0.1) is 6.92 Å². The second-order valence-corrected chi connectivity index (χ2v) is 7.59. The largest absolute Gasteiger partial charge is 0.496 e. The molecule has 7 heteroatoms. The highest BCUT2D eigenvalue weighted by Gasteiger charge is 2.15. The molecule has 1 N–H and O–H groups in total. The van der Waals surface area contributed by atoms with E-state index in [-0.39, 0.29) is 5.91 Å². The number of nitrogens with one attached hydrogen (secondary N) is 1. The lowest BCUT2D eigenvalue weighted by Gasteiger charge is -2.12. The van der Waals surface area contributed by atoms with Crippen molar-refractivity contribution in [2.24, 2.45) is 0 Å². The maximum atomic E-state index is 12.8. The van der Waals surface area contributed by atoms with E-state index in [0.717, 1.165) is 26.5 Å². The molecule has 0 aliphatic carbocycles. The van der Waals surface area contributed by atoms with E-state index in [1.165, 1.54) is 18.4 Å². The van der Waals surface area contributed by atoms with Crippen LogP contribution in [0.25, 0.3) is 20.9 Å². The number of aryl methyl sites for hydroxylation is 1. The third-order valence-corrected chi connectivity index (χ3v) is 5.57. The molecule has 2 heterocycles. The fourth-order valence-corrected chi connectivity index (χ4v) is 3.91. The Hall–Kier alpha value is -2.96. The van der Waals surface area contributed by atoms with Gasteiger partial charge in [0.1, 0.15) is 21.1 Å². The fourth-order valence-electron chi connectivity index (χ4n) is 2.83. The molecule has 0 fully saturated rings. The summed E-state index contributed by atoms with van der Waals surface area (Å²) in [6.45, 7) is 1.94. The van der Waals surface area contributed by atoms with Crippen molar-refractivity contribution in [1.82, 2.24) is 9.97 Å². The van der Waals surface area contributed by atoms with Gasteiger partial charge in [-0.2, -0.15) is 0 Å². The molecule has 0 saturated heterocycles. The molecular formula is C21H16ClN3O2S. The lowest BCUT2D eigenvalue weighted by atomic mass is 10.1. The van der Waals surface area contributed by atoms with Crippen LogP contribution in [0.5, 0.6) is 5.75 Å². The van der Waals surface area contributed by atoms with Gasteiger partial charge < -0.3 is 10.1 Å². The molecule has 0 unspecified atom stereocenters. The number of fused-ring (bicyclic) bond motifs is 1. The summed E-state index contributed by atoms with van der Waals surface area (Å²) in [5, 5.41) is 4.28. The molecule has 2 aromatic heterocycles. The highest BCUT2D eigenvalue weighted by molar-refractivity contribution is 7.21. The monoisotopic (exact) mass is 409 g/mol. The number of rotatable bonds is 4. The first kappa shape index (κ1) is 18.4. The number of halogens is 1. The van der Waals surface area contributed by atoms with Crippen LogP contribution in [0.4, 0.5) is 5.69 Å². The molecule has 0 spiro atoms. The molecule has 0 aliphatic rings. The Bertz CT molecular complexity index is 1160. The zero-order valence-electron chi connectivity index (χ0n) is 15.2. The van der Waals surface area contributed by atoms with Gasteiger partial charge in [0.2, 0.25) is 0 Å². The number of aromatic nitrogens is 2. The number of amides is 1. The zero-order chi connectivity index (χ0) is 19.7. The number of carbonyl (C=O) groups is 1. The Morgan fingerprint density at radius 1 is 1.18 bits per heavy atom. The van der Waals surface area contributed by atoms with Crippen LogP contribution in [-0.2, 0) is 0 Å². The van der Waals surface area contributed by atoms with Gasteiger partial charge in [-0.1, -0.05) is 35.1 Å². The van der Waals surface area contributed by atoms with Gasteiger partial charge in [0, 0.05) is 22.5 Å². The first-order valence-electron chi connectivity index (χ1n) is 8.52. The summed E-state index contributed by atoms with van der Waals surface area (Å²) in [5.41, 5.74) is 3.80. The number of methoxy groups -OCH3 is 1. The Morgan fingerprint density at radius 2 is 2.04 bits per heavy atom. The minimum Gasteiger partial charge on any atom is -0.496 e. The van der Waals surface area contributed by atoms with Crippen LogP contribution in [0.1, 0.15) is 15.9 Å². The first-order valence-corrected chi connectivity index (χ1v) is 9.72. The van der Waals surface area contributed by atoms with E-state index < -0.39 is 0 Å². The summed E-state index contributed by atoms with van der Waals surface area (Å²) in [5.74, 6) is 0.179. The number of carbonyl (C=O) groups excluding carboxylic acids is 1. The Kier molecular flexibility index (Phi) is 4.98. The van der Waals surface area contributed by atoms with Crippen LogP contribution >= 0.6 is 22.9 Å². The quantitative estimate of drug-likeness (QED) is 0.477. The second kappa shape index (κ2) is 7.58.